The number of Topliss-reactive ketones (excluding diaryl/α,β-unsaturated/α-hetero) is 1. The summed E-state index contributed by atoms with van der Waals surface area (Å²) in [6, 6.07) is 23.6. The lowest BCUT2D eigenvalue weighted by atomic mass is 9.97. The summed E-state index contributed by atoms with van der Waals surface area (Å²) in [6.45, 7) is 9.62. The largest absolute Gasteiger partial charge is 0.489 e. The molecule has 1 aliphatic rings. The number of allylic oxidation sites excluding steroid dienone is 1. The number of fused-ring (bicyclic) bond motifs is 2. The molecule has 3 aromatic carbocycles. The molecule has 1 fully saturated rings. The van der Waals surface area contributed by atoms with Crippen molar-refractivity contribution in [2.24, 2.45) is 0 Å². The molecule has 0 radical (unpaired) electrons. The van der Waals surface area contributed by atoms with Gasteiger partial charge in [-0.05, 0) is 53.6 Å². The first kappa shape index (κ1) is 31.1. The molecule has 3 aromatic heterocycles. The summed E-state index contributed by atoms with van der Waals surface area (Å²) in [5.41, 5.74) is 6.13. The van der Waals surface area contributed by atoms with Gasteiger partial charge < -0.3 is 15.4 Å². The fraction of sp³-hybridized carbons (Fsp3) is 0.237. The van der Waals surface area contributed by atoms with Crippen LogP contribution in [0, 0.1) is 0 Å². The van der Waals surface area contributed by atoms with Gasteiger partial charge in [0.05, 0.1) is 11.9 Å². The number of halogens is 1. The Bertz CT molecular complexity index is 2150. The molecule has 1 aliphatic heterocycles. The minimum atomic E-state index is -0.935. The van der Waals surface area contributed by atoms with Crippen LogP contribution in [-0.2, 0) is 17.8 Å². The summed E-state index contributed by atoms with van der Waals surface area (Å²) in [6.07, 6.45) is 4.69. The second kappa shape index (κ2) is 13.3. The average molecular weight is 642 g/mol. The normalized spacial score (nSPS) is 14.5. The summed E-state index contributed by atoms with van der Waals surface area (Å²) in [4.78, 5) is 26.6. The molecular formula is C38H36FN7O2. The van der Waals surface area contributed by atoms with Gasteiger partial charge in [-0.15, -0.1) is 0 Å². The van der Waals surface area contributed by atoms with Crippen LogP contribution in [0.3, 0.4) is 0 Å². The fourth-order valence-corrected chi connectivity index (χ4v) is 6.09. The highest BCUT2D eigenvalue weighted by molar-refractivity contribution is 5.98. The van der Waals surface area contributed by atoms with Gasteiger partial charge in [-0.2, -0.15) is 14.6 Å². The van der Waals surface area contributed by atoms with Crippen LogP contribution in [0.1, 0.15) is 42.9 Å². The van der Waals surface area contributed by atoms with Gasteiger partial charge in [-0.25, -0.2) is 9.37 Å². The van der Waals surface area contributed by atoms with E-state index in [-0.39, 0.29) is 18.4 Å². The number of hydrogen-bond acceptors (Lipinski definition) is 8. The third kappa shape index (κ3) is 6.39. The summed E-state index contributed by atoms with van der Waals surface area (Å²) in [5, 5.41) is 13.4. The number of ketones is 1. The van der Waals surface area contributed by atoms with Crippen molar-refractivity contribution < 1.29 is 13.9 Å². The average Bonchev–Trinajstić information content (AvgIpc) is 3.77. The van der Waals surface area contributed by atoms with E-state index in [1.165, 1.54) is 0 Å². The lowest BCUT2D eigenvalue weighted by Crippen LogP contribution is -2.19. The Labute approximate surface area is 277 Å². The van der Waals surface area contributed by atoms with Crippen LogP contribution in [-0.4, -0.2) is 49.5 Å². The standard InChI is InChI=1S/C38H36FN7O2/c1-23(2)33-22-43-46-37(33)44-36(27-8-6-9-29(19-27)48-30-14-15-40-21-30)45-38(46)42-20-28-7-4-5-10-31(28)35-32-12-11-25(18-34(47)24(3)39)17-26(32)13-16-41-35/h4-13,16-17,19,22-23,30,40H,3,14-15,18,20-21H2,1-2H3,(H,42,44,45). The highest BCUT2D eigenvalue weighted by atomic mass is 19.1. The van der Waals surface area contributed by atoms with E-state index in [1.54, 1.807) is 10.7 Å². The van der Waals surface area contributed by atoms with Crippen molar-refractivity contribution >= 4 is 28.2 Å². The number of anilines is 1. The first-order chi connectivity index (χ1) is 23.3. The second-order valence-electron chi connectivity index (χ2n) is 12.4. The minimum Gasteiger partial charge on any atom is -0.489 e. The van der Waals surface area contributed by atoms with E-state index in [1.807, 2.05) is 72.9 Å². The van der Waals surface area contributed by atoms with Gasteiger partial charge in [0.1, 0.15) is 11.9 Å². The van der Waals surface area contributed by atoms with Crippen LogP contribution in [0.25, 0.3) is 39.1 Å². The second-order valence-corrected chi connectivity index (χ2v) is 12.4. The van der Waals surface area contributed by atoms with Gasteiger partial charge in [-0.1, -0.05) is 75.0 Å². The Morgan fingerprint density at radius 3 is 2.79 bits per heavy atom. The maximum atomic E-state index is 13.4. The molecule has 0 spiro atoms. The molecule has 6 aromatic rings. The molecule has 9 nitrogen and oxygen atoms in total. The van der Waals surface area contributed by atoms with Crippen molar-refractivity contribution in [1.29, 1.82) is 0 Å². The Balaban J connectivity index is 1.22. The molecular weight excluding hydrogens is 605 g/mol. The highest BCUT2D eigenvalue weighted by Crippen LogP contribution is 2.31. The number of nitrogens with zero attached hydrogens (tertiary/aromatic N) is 5. The van der Waals surface area contributed by atoms with Gasteiger partial charge in [0.2, 0.25) is 5.95 Å². The van der Waals surface area contributed by atoms with Gasteiger partial charge in [0, 0.05) is 47.8 Å². The number of hydrogen-bond donors (Lipinski definition) is 2. The predicted molar refractivity (Wildman–Crippen MR) is 186 cm³/mol. The molecule has 4 heterocycles. The van der Waals surface area contributed by atoms with Gasteiger partial charge in [-0.3, -0.25) is 9.78 Å². The lowest BCUT2D eigenvalue weighted by Gasteiger charge is -2.15. The number of pyridine rings is 1. The Hall–Kier alpha value is -5.48. The molecule has 0 saturated carbocycles. The number of rotatable bonds is 11. The molecule has 48 heavy (non-hydrogen) atoms. The van der Waals surface area contributed by atoms with E-state index in [4.69, 9.17) is 19.7 Å². The van der Waals surface area contributed by atoms with E-state index in [9.17, 15) is 9.18 Å². The molecule has 0 bridgehead atoms. The number of aromatic nitrogens is 5. The van der Waals surface area contributed by atoms with Gasteiger partial charge in [0.15, 0.2) is 23.1 Å². The Kier molecular flexibility index (Phi) is 8.65. The van der Waals surface area contributed by atoms with Crippen molar-refractivity contribution in [3.63, 3.8) is 0 Å². The molecule has 2 N–H and O–H groups in total. The zero-order chi connectivity index (χ0) is 33.2. The van der Waals surface area contributed by atoms with Crippen molar-refractivity contribution in [3.8, 4) is 28.4 Å². The molecule has 0 aliphatic carbocycles. The first-order valence-corrected chi connectivity index (χ1v) is 16.1. The van der Waals surface area contributed by atoms with Gasteiger partial charge in [0.25, 0.3) is 0 Å². The van der Waals surface area contributed by atoms with Crippen molar-refractivity contribution in [2.75, 3.05) is 18.4 Å². The van der Waals surface area contributed by atoms with E-state index < -0.39 is 11.6 Å². The fourth-order valence-electron chi connectivity index (χ4n) is 6.09. The molecule has 242 valence electrons. The first-order valence-electron chi connectivity index (χ1n) is 16.1. The number of benzene rings is 3. The number of ether oxygens (including phenoxy) is 1. The summed E-state index contributed by atoms with van der Waals surface area (Å²) in [7, 11) is 0. The van der Waals surface area contributed by atoms with Crippen LogP contribution < -0.4 is 15.4 Å². The quantitative estimate of drug-likeness (QED) is 0.145. The molecule has 7 rings (SSSR count). The van der Waals surface area contributed by atoms with E-state index in [0.29, 0.717) is 18.3 Å². The van der Waals surface area contributed by atoms with E-state index in [2.05, 4.69) is 42.2 Å². The summed E-state index contributed by atoms with van der Waals surface area (Å²) >= 11 is 0. The van der Waals surface area contributed by atoms with Crippen molar-refractivity contribution in [2.45, 2.75) is 45.3 Å². The van der Waals surface area contributed by atoms with E-state index >= 15 is 0 Å². The molecule has 1 saturated heterocycles. The SMILES string of the molecule is C=C(F)C(=O)Cc1ccc2c(-c3ccccc3CNc3nc(-c4cccc(OC5CCNC5)c4)nc4c(C(C)C)cnn34)nccc2c1. The maximum absolute atomic E-state index is 13.4. The van der Waals surface area contributed by atoms with Gasteiger partial charge >= 0.3 is 0 Å². The van der Waals surface area contributed by atoms with Crippen LogP contribution in [0.4, 0.5) is 10.3 Å². The monoisotopic (exact) mass is 641 g/mol. The number of carbonyl (C=O) groups excluding carboxylic acids is 1. The van der Waals surface area contributed by atoms with Crippen LogP contribution in [0.5, 0.6) is 5.75 Å². The van der Waals surface area contributed by atoms with E-state index in [0.717, 1.165) is 75.2 Å². The van der Waals surface area contributed by atoms with Crippen molar-refractivity contribution in [1.82, 2.24) is 29.9 Å². The lowest BCUT2D eigenvalue weighted by molar-refractivity contribution is -0.116. The Morgan fingerprint density at radius 2 is 1.98 bits per heavy atom. The van der Waals surface area contributed by atoms with Crippen molar-refractivity contribution in [3.05, 3.63) is 114 Å². The molecule has 0 amide bonds. The predicted octanol–water partition coefficient (Wildman–Crippen LogP) is 7.08. The zero-order valence-electron chi connectivity index (χ0n) is 26.9. The maximum Gasteiger partial charge on any atom is 0.228 e. The smallest absolute Gasteiger partial charge is 0.228 e. The topological polar surface area (TPSA) is 106 Å². The Morgan fingerprint density at radius 1 is 1.10 bits per heavy atom. The third-order valence-electron chi connectivity index (χ3n) is 8.63. The highest BCUT2D eigenvalue weighted by Gasteiger charge is 2.19. The number of carbonyl (C=O) groups is 1. The number of nitrogens with one attached hydrogen (secondary N) is 2. The van der Waals surface area contributed by atoms with Crippen LogP contribution in [0.2, 0.25) is 0 Å². The third-order valence-corrected chi connectivity index (χ3v) is 8.63. The van der Waals surface area contributed by atoms with Crippen LogP contribution >= 0.6 is 0 Å². The molecule has 1 unspecified atom stereocenters. The molecule has 10 heteroatoms. The summed E-state index contributed by atoms with van der Waals surface area (Å²) < 4.78 is 21.4. The minimum absolute atomic E-state index is 0.0416. The molecule has 1 atom stereocenters. The van der Waals surface area contributed by atoms with Crippen LogP contribution in [0.15, 0.2) is 97.6 Å². The summed E-state index contributed by atoms with van der Waals surface area (Å²) in [5.74, 6) is 0.599. The zero-order valence-corrected chi connectivity index (χ0v) is 26.9.